The number of allylic oxidation sites excluding steroid dienone is 1. The third-order valence-electron chi connectivity index (χ3n) is 0.706. The van der Waals surface area contributed by atoms with Gasteiger partial charge in [-0.25, -0.2) is 0 Å². The van der Waals surface area contributed by atoms with E-state index in [1.54, 1.807) is 18.2 Å². The minimum absolute atomic E-state index is 0. The number of hydrogen-bond donors (Lipinski definition) is 1. The van der Waals surface area contributed by atoms with Gasteiger partial charge in [0.1, 0.15) is 0 Å². The zero-order valence-corrected chi connectivity index (χ0v) is 25.9. The minimum Gasteiger partial charge on any atom is -1.00 e. The molecular weight excluding hydrogens is 549 g/mol. The summed E-state index contributed by atoms with van der Waals surface area (Å²) in [6.07, 6.45) is 3.71. The van der Waals surface area contributed by atoms with Crippen LogP contribution >= 0.6 is 38.5 Å². The second kappa shape index (κ2) is 83.2. The van der Waals surface area contributed by atoms with Crippen LogP contribution in [0.4, 0.5) is 0 Å². The molecule has 1 atom stereocenters. The molecule has 1 fully saturated rings. The van der Waals surface area contributed by atoms with E-state index in [0.717, 1.165) is 13.7 Å². The Labute approximate surface area is 256 Å². The minimum atomic E-state index is -0.181. The van der Waals surface area contributed by atoms with Crippen molar-refractivity contribution in [3.63, 3.8) is 0 Å². The maximum absolute atomic E-state index is 8.64. The Morgan fingerprint density at radius 3 is 1.46 bits per heavy atom. The van der Waals surface area contributed by atoms with Gasteiger partial charge in [-0.2, -0.15) is 0 Å². The number of rotatable bonds is 2. The topological polar surface area (TPSA) is 91.3 Å². The second-order valence-electron chi connectivity index (χ2n) is 2.30. The normalized spacial score (nSPS) is 9.96. The summed E-state index contributed by atoms with van der Waals surface area (Å²) in [7, 11) is 2.56. The van der Waals surface area contributed by atoms with Crippen LogP contribution < -0.4 is 108 Å². The molecule has 0 amide bonds. The fourth-order valence-electron chi connectivity index (χ4n) is 0.0962. The molecule has 1 saturated heterocycles. The van der Waals surface area contributed by atoms with E-state index in [4.69, 9.17) is 19.9 Å². The van der Waals surface area contributed by atoms with Crippen molar-refractivity contribution in [2.45, 2.75) is 20.0 Å². The molecule has 1 N–H and O–H groups in total. The van der Waals surface area contributed by atoms with Crippen molar-refractivity contribution in [1.82, 2.24) is 0 Å². The van der Waals surface area contributed by atoms with Gasteiger partial charge in [-0.05, 0) is 23.8 Å². The first kappa shape index (κ1) is 50.5. The standard InChI is InChI=1S/2C3H6O.C3H6.C2H3Br.CH3I.CH2O3.CH4O.2K.H/c1-3-2-4-3;1-3-4-2;1-3-2;1-2-3;1-2;2-1-4-3;1-2;;;/h3H,2H2,1H3;3H,1H2,2H3;3H,1H2,2H3;2H,1H2;1H3;1,3H;2H,1H3;;;/q;;;;;;;2*+1;-1/p-1. The third kappa shape index (κ3) is 229. The van der Waals surface area contributed by atoms with Gasteiger partial charge in [0, 0.05) is 7.11 Å². The molecule has 1 unspecified atom stereocenters. The predicted molar refractivity (Wildman–Crippen MR) is 104 cm³/mol. The first-order valence-electron chi connectivity index (χ1n) is 5.64. The first-order chi connectivity index (χ1) is 10.6. The predicted octanol–water partition coefficient (Wildman–Crippen LogP) is -2.89. The van der Waals surface area contributed by atoms with E-state index < -0.39 is 0 Å². The first-order valence-corrected chi connectivity index (χ1v) is 8.71. The molecule has 24 heavy (non-hydrogen) atoms. The van der Waals surface area contributed by atoms with Gasteiger partial charge in [0.05, 0.1) is 26.1 Å². The van der Waals surface area contributed by atoms with Gasteiger partial charge >= 0.3 is 103 Å². The molecule has 1 aliphatic rings. The van der Waals surface area contributed by atoms with Crippen molar-refractivity contribution in [1.29, 1.82) is 0 Å². The van der Waals surface area contributed by atoms with Crippen LogP contribution in [0, 0.1) is 0 Å². The molecule has 0 radical (unpaired) electrons. The molecule has 1 rings (SSSR count). The largest absolute Gasteiger partial charge is 1.00 e. The monoisotopic (exact) mass is 578 g/mol. The fraction of sp³-hybridized carbons (Fsp3) is 0.500. The van der Waals surface area contributed by atoms with Crippen LogP contribution in [0.3, 0.4) is 0 Å². The number of halogens is 2. The Bertz CT molecular complexity index is 181. The molecular formula is C14H30BrIK2O6. The third-order valence-corrected chi connectivity index (χ3v) is 0.706. The number of ether oxygens (including phenoxy) is 2. The molecule has 138 valence electrons. The molecule has 0 aromatic heterocycles. The van der Waals surface area contributed by atoms with E-state index in [9.17, 15) is 0 Å². The fourth-order valence-corrected chi connectivity index (χ4v) is 0.0962. The molecule has 6 nitrogen and oxygen atoms in total. The summed E-state index contributed by atoms with van der Waals surface area (Å²) in [5.41, 5.74) is 0. The summed E-state index contributed by atoms with van der Waals surface area (Å²) in [4.78, 5) is 14.8. The van der Waals surface area contributed by atoms with E-state index >= 15 is 0 Å². The van der Waals surface area contributed by atoms with Gasteiger partial charge in [-0.3, -0.25) is 4.79 Å². The van der Waals surface area contributed by atoms with Crippen LogP contribution in [0.5, 0.6) is 0 Å². The molecule has 0 aromatic rings. The van der Waals surface area contributed by atoms with Crippen molar-refractivity contribution in [3.8, 4) is 0 Å². The van der Waals surface area contributed by atoms with Crippen LogP contribution in [0.2, 0.25) is 0 Å². The smallest absolute Gasteiger partial charge is 1.00 e. The Hall–Kier alpha value is 2.85. The molecule has 0 aliphatic carbocycles. The van der Waals surface area contributed by atoms with E-state index in [1.165, 1.54) is 6.26 Å². The zero-order chi connectivity index (χ0) is 19.2. The zero-order valence-electron chi connectivity index (χ0n) is 17.0. The van der Waals surface area contributed by atoms with E-state index in [-0.39, 0.29) is 111 Å². The molecule has 1 heterocycles. The van der Waals surface area contributed by atoms with Crippen LogP contribution in [-0.4, -0.2) is 43.4 Å². The summed E-state index contributed by atoms with van der Waals surface area (Å²) < 4.78 is 9.01. The molecule has 0 spiro atoms. The molecule has 0 bridgehead atoms. The number of carbonyl (C=O) groups excluding carboxylic acids is 1. The second-order valence-corrected chi connectivity index (χ2v) is 2.95. The van der Waals surface area contributed by atoms with Crippen molar-refractivity contribution >= 4 is 45.0 Å². The quantitative estimate of drug-likeness (QED) is 0.0435. The van der Waals surface area contributed by atoms with Crippen LogP contribution in [0.15, 0.2) is 37.1 Å². The average molecular weight is 579 g/mol. The number of aliphatic hydroxyl groups is 1. The number of aliphatic hydroxyl groups excluding tert-OH is 1. The number of hydrogen-bond acceptors (Lipinski definition) is 6. The molecule has 1 aliphatic heterocycles. The van der Waals surface area contributed by atoms with E-state index in [0.29, 0.717) is 6.10 Å². The number of alkyl halides is 1. The van der Waals surface area contributed by atoms with Crippen LogP contribution in [-0.2, 0) is 19.2 Å². The van der Waals surface area contributed by atoms with Gasteiger partial charge in [0.25, 0.3) is 6.47 Å². The van der Waals surface area contributed by atoms with Crippen LogP contribution in [0.25, 0.3) is 0 Å². The summed E-state index contributed by atoms with van der Waals surface area (Å²) in [6.45, 7) is 14.6. The van der Waals surface area contributed by atoms with Gasteiger partial charge in [0.15, 0.2) is 0 Å². The Kier molecular flexibility index (Phi) is 175. The summed E-state index contributed by atoms with van der Waals surface area (Å²) >= 11 is 5.06. The summed E-state index contributed by atoms with van der Waals surface area (Å²) in [5, 5.41) is 15.4. The van der Waals surface area contributed by atoms with E-state index in [2.05, 4.69) is 74.8 Å². The Morgan fingerprint density at radius 2 is 1.46 bits per heavy atom. The van der Waals surface area contributed by atoms with Crippen molar-refractivity contribution in [2.75, 3.05) is 25.8 Å². The van der Waals surface area contributed by atoms with Gasteiger partial charge in [-0.1, -0.05) is 57.8 Å². The van der Waals surface area contributed by atoms with Crippen molar-refractivity contribution in [2.24, 2.45) is 0 Å². The number of epoxide rings is 1. The Morgan fingerprint density at radius 1 is 1.33 bits per heavy atom. The van der Waals surface area contributed by atoms with Gasteiger partial charge in [-0.15, -0.1) is 6.58 Å². The number of carbonyl (C=O) groups is 1. The molecule has 0 aromatic carbocycles. The van der Waals surface area contributed by atoms with E-state index in [1.807, 2.05) is 11.9 Å². The summed E-state index contributed by atoms with van der Waals surface area (Å²) in [6, 6.07) is 0. The number of methoxy groups -OCH3 is 1. The Balaban J connectivity index is -0.0000000170. The SMILES string of the molecule is C=CBr.C=CC.C=COC.CC1CO1.CI.CO.O=CO[O-].[H-].[K+].[K+]. The molecule has 10 heteroatoms. The van der Waals surface area contributed by atoms with Crippen molar-refractivity contribution in [3.05, 3.63) is 37.1 Å². The van der Waals surface area contributed by atoms with Crippen molar-refractivity contribution < 1.29 is 134 Å². The van der Waals surface area contributed by atoms with Crippen LogP contribution in [0.1, 0.15) is 15.3 Å². The average Bonchev–Trinajstić information content (AvgIpc) is 3.35. The maximum Gasteiger partial charge on any atom is 1.00 e. The summed E-state index contributed by atoms with van der Waals surface area (Å²) in [5.74, 6) is 0. The maximum atomic E-state index is 8.64. The molecule has 0 saturated carbocycles. The van der Waals surface area contributed by atoms with Gasteiger partial charge in [0.2, 0.25) is 0 Å². The van der Waals surface area contributed by atoms with Gasteiger partial charge < -0.3 is 26.2 Å².